The Labute approximate surface area is 171 Å². The molecule has 0 atom stereocenters. The minimum absolute atomic E-state index is 0.0226. The number of nitrogens with one attached hydrogen (secondary N) is 1. The number of para-hydroxylation sites is 2. The molecule has 0 aromatic heterocycles. The molecule has 10 nitrogen and oxygen atoms in total. The van der Waals surface area contributed by atoms with E-state index in [1.807, 2.05) is 0 Å². The standard InChI is InChI=1S/C20H19N3O7/c1-20(2)19(26)21-13-6-4-5-7-14(13)22(20)17(24)11-30-16-9-8-12(18(25)29-3)10-15(16)23(27)28/h4-10H,11H2,1-3H3,(H,21,26). The van der Waals surface area contributed by atoms with E-state index in [2.05, 4.69) is 10.1 Å². The van der Waals surface area contributed by atoms with Crippen molar-refractivity contribution in [2.45, 2.75) is 19.4 Å². The summed E-state index contributed by atoms with van der Waals surface area (Å²) in [5.41, 5.74) is -0.739. The first kappa shape index (κ1) is 20.8. The van der Waals surface area contributed by atoms with Gasteiger partial charge in [-0.2, -0.15) is 0 Å². The van der Waals surface area contributed by atoms with Gasteiger partial charge in [0.15, 0.2) is 12.4 Å². The molecule has 156 valence electrons. The molecule has 0 fully saturated rings. The zero-order chi connectivity index (χ0) is 22.1. The molecule has 2 aromatic carbocycles. The molecule has 1 aliphatic rings. The topological polar surface area (TPSA) is 128 Å². The molecule has 0 saturated heterocycles. The number of benzene rings is 2. The highest BCUT2D eigenvalue weighted by atomic mass is 16.6. The van der Waals surface area contributed by atoms with Gasteiger partial charge in [-0.25, -0.2) is 4.79 Å². The van der Waals surface area contributed by atoms with Crippen molar-refractivity contribution in [1.82, 2.24) is 0 Å². The Balaban J connectivity index is 1.87. The number of rotatable bonds is 5. The highest BCUT2D eigenvalue weighted by Gasteiger charge is 2.43. The number of carbonyl (C=O) groups excluding carboxylic acids is 3. The predicted octanol–water partition coefficient (Wildman–Crippen LogP) is 2.52. The number of hydrogen-bond acceptors (Lipinski definition) is 7. The van der Waals surface area contributed by atoms with Gasteiger partial charge in [-0.3, -0.25) is 24.6 Å². The molecule has 0 bridgehead atoms. The fourth-order valence-electron chi connectivity index (χ4n) is 3.13. The largest absolute Gasteiger partial charge is 0.477 e. The average Bonchev–Trinajstić information content (AvgIpc) is 2.72. The molecule has 0 aliphatic carbocycles. The molecule has 0 unspecified atom stereocenters. The van der Waals surface area contributed by atoms with E-state index >= 15 is 0 Å². The zero-order valence-corrected chi connectivity index (χ0v) is 16.5. The van der Waals surface area contributed by atoms with Crippen LogP contribution in [0.1, 0.15) is 24.2 Å². The number of nitrogens with zero attached hydrogens (tertiary/aromatic N) is 2. The third-order valence-electron chi connectivity index (χ3n) is 4.69. The smallest absolute Gasteiger partial charge is 0.338 e. The van der Waals surface area contributed by atoms with Crippen molar-refractivity contribution >= 4 is 34.8 Å². The van der Waals surface area contributed by atoms with Crippen molar-refractivity contribution < 1.29 is 28.8 Å². The van der Waals surface area contributed by atoms with Gasteiger partial charge in [0, 0.05) is 6.07 Å². The highest BCUT2D eigenvalue weighted by molar-refractivity contribution is 6.14. The van der Waals surface area contributed by atoms with Crippen molar-refractivity contribution in [2.24, 2.45) is 0 Å². The minimum atomic E-state index is -1.20. The molecule has 0 radical (unpaired) electrons. The molecule has 0 spiro atoms. The molecule has 0 saturated carbocycles. The van der Waals surface area contributed by atoms with Crippen LogP contribution in [-0.2, 0) is 14.3 Å². The van der Waals surface area contributed by atoms with E-state index < -0.39 is 34.6 Å². The van der Waals surface area contributed by atoms with Gasteiger partial charge in [-0.05, 0) is 38.1 Å². The van der Waals surface area contributed by atoms with Crippen LogP contribution >= 0.6 is 0 Å². The predicted molar refractivity (Wildman–Crippen MR) is 107 cm³/mol. The van der Waals surface area contributed by atoms with Gasteiger partial charge in [0.05, 0.1) is 29.0 Å². The van der Waals surface area contributed by atoms with Crippen LogP contribution in [0.5, 0.6) is 5.75 Å². The Morgan fingerprint density at radius 3 is 2.57 bits per heavy atom. The molecule has 1 N–H and O–H groups in total. The number of amides is 2. The van der Waals surface area contributed by atoms with Gasteiger partial charge in [-0.1, -0.05) is 12.1 Å². The maximum absolute atomic E-state index is 13.0. The van der Waals surface area contributed by atoms with Crippen LogP contribution in [0.4, 0.5) is 17.1 Å². The number of nitro groups is 1. The summed E-state index contributed by atoms with van der Waals surface area (Å²) in [5, 5.41) is 14.1. The molecule has 2 aromatic rings. The summed E-state index contributed by atoms with van der Waals surface area (Å²) in [5.74, 6) is -1.86. The second kappa shape index (κ2) is 7.82. The van der Waals surface area contributed by atoms with Crippen LogP contribution in [0, 0.1) is 10.1 Å². The summed E-state index contributed by atoms with van der Waals surface area (Å²) in [4.78, 5) is 49.0. The van der Waals surface area contributed by atoms with Crippen LogP contribution in [0.2, 0.25) is 0 Å². The first-order valence-electron chi connectivity index (χ1n) is 8.90. The number of nitro benzene ring substituents is 1. The number of hydrogen-bond donors (Lipinski definition) is 1. The van der Waals surface area contributed by atoms with Crippen molar-refractivity contribution in [1.29, 1.82) is 0 Å². The van der Waals surface area contributed by atoms with E-state index in [4.69, 9.17) is 4.74 Å². The van der Waals surface area contributed by atoms with E-state index in [0.717, 1.165) is 13.2 Å². The monoisotopic (exact) mass is 413 g/mol. The quantitative estimate of drug-likeness (QED) is 0.453. The SMILES string of the molecule is COC(=O)c1ccc(OCC(=O)N2c3ccccc3NC(=O)C2(C)C)c([N+](=O)[O-])c1. The first-order chi connectivity index (χ1) is 14.2. The van der Waals surface area contributed by atoms with E-state index in [0.29, 0.717) is 11.4 Å². The van der Waals surface area contributed by atoms with Crippen molar-refractivity contribution in [3.8, 4) is 5.75 Å². The van der Waals surface area contributed by atoms with Crippen molar-refractivity contribution in [3.05, 3.63) is 58.1 Å². The molecule has 2 amide bonds. The maximum Gasteiger partial charge on any atom is 0.338 e. The van der Waals surface area contributed by atoms with Gasteiger partial charge < -0.3 is 14.8 Å². The molecule has 3 rings (SSSR count). The average molecular weight is 413 g/mol. The molecule has 30 heavy (non-hydrogen) atoms. The molecular weight excluding hydrogens is 394 g/mol. The second-order valence-corrected chi connectivity index (χ2v) is 6.98. The second-order valence-electron chi connectivity index (χ2n) is 6.98. The lowest BCUT2D eigenvalue weighted by Crippen LogP contribution is -2.59. The maximum atomic E-state index is 13.0. The van der Waals surface area contributed by atoms with Gasteiger partial charge in [-0.15, -0.1) is 0 Å². The van der Waals surface area contributed by atoms with Gasteiger partial charge in [0.2, 0.25) is 5.91 Å². The summed E-state index contributed by atoms with van der Waals surface area (Å²) in [6.07, 6.45) is 0. The summed E-state index contributed by atoms with van der Waals surface area (Å²) in [7, 11) is 1.16. The number of fused-ring (bicyclic) bond motifs is 1. The van der Waals surface area contributed by atoms with E-state index in [9.17, 15) is 24.5 Å². The first-order valence-corrected chi connectivity index (χ1v) is 8.90. The number of anilines is 2. The Morgan fingerprint density at radius 1 is 1.20 bits per heavy atom. The molecular formula is C20H19N3O7. The van der Waals surface area contributed by atoms with Gasteiger partial charge in [0.1, 0.15) is 5.54 Å². The van der Waals surface area contributed by atoms with Crippen LogP contribution in [-0.4, -0.2) is 42.0 Å². The van der Waals surface area contributed by atoms with Crippen molar-refractivity contribution in [3.63, 3.8) is 0 Å². The normalized spacial score (nSPS) is 14.4. The fraction of sp³-hybridized carbons (Fsp3) is 0.250. The number of esters is 1. The summed E-state index contributed by atoms with van der Waals surface area (Å²) >= 11 is 0. The Kier molecular flexibility index (Phi) is 5.41. The Bertz CT molecular complexity index is 1050. The minimum Gasteiger partial charge on any atom is -0.477 e. The molecule has 1 heterocycles. The summed E-state index contributed by atoms with van der Waals surface area (Å²) in [6.45, 7) is 2.62. The van der Waals surface area contributed by atoms with E-state index in [1.54, 1.807) is 38.1 Å². The fourth-order valence-corrected chi connectivity index (χ4v) is 3.13. The lowest BCUT2D eigenvalue weighted by Gasteiger charge is -2.41. The summed E-state index contributed by atoms with van der Waals surface area (Å²) < 4.78 is 9.96. The van der Waals surface area contributed by atoms with Gasteiger partial charge >= 0.3 is 11.7 Å². The Morgan fingerprint density at radius 2 is 1.90 bits per heavy atom. The lowest BCUT2D eigenvalue weighted by molar-refractivity contribution is -0.385. The molecule has 10 heteroatoms. The number of methoxy groups -OCH3 is 1. The number of carbonyl (C=O) groups is 3. The highest BCUT2D eigenvalue weighted by Crippen LogP contribution is 2.37. The van der Waals surface area contributed by atoms with E-state index in [-0.39, 0.29) is 17.2 Å². The van der Waals surface area contributed by atoms with Crippen LogP contribution in [0.15, 0.2) is 42.5 Å². The third-order valence-corrected chi connectivity index (χ3v) is 4.69. The van der Waals surface area contributed by atoms with Crippen LogP contribution in [0.3, 0.4) is 0 Å². The molecule has 1 aliphatic heterocycles. The van der Waals surface area contributed by atoms with Gasteiger partial charge in [0.25, 0.3) is 5.91 Å². The van der Waals surface area contributed by atoms with Crippen LogP contribution in [0.25, 0.3) is 0 Å². The third kappa shape index (κ3) is 3.66. The van der Waals surface area contributed by atoms with E-state index in [1.165, 1.54) is 17.0 Å². The number of ether oxygens (including phenoxy) is 2. The lowest BCUT2D eigenvalue weighted by atomic mass is 9.96. The Hall–Kier alpha value is -3.95. The summed E-state index contributed by atoms with van der Waals surface area (Å²) in [6, 6.07) is 10.3. The van der Waals surface area contributed by atoms with Crippen molar-refractivity contribution in [2.75, 3.05) is 23.9 Å². The van der Waals surface area contributed by atoms with Crippen LogP contribution < -0.4 is 15.0 Å². The zero-order valence-electron chi connectivity index (χ0n) is 16.5.